The second-order valence-electron chi connectivity index (χ2n) is 6.99. The van der Waals surface area contributed by atoms with E-state index < -0.39 is 0 Å². The topological polar surface area (TPSA) is 41.6 Å². The van der Waals surface area contributed by atoms with Crippen molar-refractivity contribution in [3.8, 4) is 5.75 Å². The van der Waals surface area contributed by atoms with Crippen molar-refractivity contribution in [2.75, 3.05) is 23.4 Å². The molecular formula is C20H24N2O2. The number of benzene rings is 2. The molecule has 4 heteroatoms. The minimum absolute atomic E-state index is 0.0297. The normalized spacial score (nSPS) is 15.4. The van der Waals surface area contributed by atoms with Gasteiger partial charge in [-0.05, 0) is 57.0 Å². The molecule has 1 aliphatic heterocycles. The number of aryl methyl sites for hydroxylation is 1. The Morgan fingerprint density at radius 3 is 2.71 bits per heavy atom. The van der Waals surface area contributed by atoms with Crippen LogP contribution in [0.4, 0.5) is 11.4 Å². The van der Waals surface area contributed by atoms with Crippen molar-refractivity contribution in [3.05, 3.63) is 53.6 Å². The highest BCUT2D eigenvalue weighted by atomic mass is 16.5. The smallest absolute Gasteiger partial charge is 0.265 e. The number of hydrogen-bond donors (Lipinski definition) is 1. The lowest BCUT2D eigenvalue weighted by atomic mass is 9.99. The van der Waals surface area contributed by atoms with Crippen LogP contribution in [0.3, 0.4) is 0 Å². The first-order valence-corrected chi connectivity index (χ1v) is 8.24. The van der Waals surface area contributed by atoms with Gasteiger partial charge in [-0.2, -0.15) is 0 Å². The standard InChI is InChI=1S/C20H24N2O2/c1-14-8-7-11-18(15(14)2)24-12-19(23)22-13-20(3,4)21-16-9-5-6-10-17(16)22/h5-11,21H,12-13H2,1-4H3. The van der Waals surface area contributed by atoms with Gasteiger partial charge in [0.25, 0.3) is 5.91 Å². The fourth-order valence-corrected chi connectivity index (χ4v) is 3.02. The van der Waals surface area contributed by atoms with E-state index >= 15 is 0 Å². The molecule has 0 bridgehead atoms. The van der Waals surface area contributed by atoms with Crippen molar-refractivity contribution >= 4 is 17.3 Å². The number of carbonyl (C=O) groups is 1. The third kappa shape index (κ3) is 3.23. The maximum Gasteiger partial charge on any atom is 0.265 e. The maximum atomic E-state index is 12.8. The molecule has 0 radical (unpaired) electrons. The fourth-order valence-electron chi connectivity index (χ4n) is 3.02. The Bertz CT molecular complexity index is 768. The highest BCUT2D eigenvalue weighted by Crippen LogP contribution is 2.34. The zero-order valence-corrected chi connectivity index (χ0v) is 14.7. The molecule has 2 aromatic rings. The molecule has 1 heterocycles. The van der Waals surface area contributed by atoms with E-state index in [0.717, 1.165) is 28.3 Å². The molecule has 0 aromatic heterocycles. The Morgan fingerprint density at radius 2 is 1.92 bits per heavy atom. The SMILES string of the molecule is Cc1cccc(OCC(=O)N2CC(C)(C)Nc3ccccc32)c1C. The van der Waals surface area contributed by atoms with Crippen molar-refractivity contribution in [2.45, 2.75) is 33.2 Å². The summed E-state index contributed by atoms with van der Waals surface area (Å²) in [6, 6.07) is 13.8. The van der Waals surface area contributed by atoms with Crippen LogP contribution in [0.25, 0.3) is 0 Å². The van der Waals surface area contributed by atoms with Crippen LogP contribution in [0.2, 0.25) is 0 Å². The Labute approximate surface area is 143 Å². The van der Waals surface area contributed by atoms with Gasteiger partial charge in [0.15, 0.2) is 6.61 Å². The minimum Gasteiger partial charge on any atom is -0.483 e. The monoisotopic (exact) mass is 324 g/mol. The van der Waals surface area contributed by atoms with E-state index in [9.17, 15) is 4.79 Å². The predicted molar refractivity (Wildman–Crippen MR) is 97.9 cm³/mol. The first-order valence-electron chi connectivity index (χ1n) is 8.24. The number of hydrogen-bond acceptors (Lipinski definition) is 3. The zero-order valence-electron chi connectivity index (χ0n) is 14.7. The lowest BCUT2D eigenvalue weighted by Crippen LogP contribution is -2.51. The molecule has 126 valence electrons. The summed E-state index contributed by atoms with van der Waals surface area (Å²) in [4.78, 5) is 14.6. The van der Waals surface area contributed by atoms with Crippen molar-refractivity contribution < 1.29 is 9.53 Å². The van der Waals surface area contributed by atoms with Gasteiger partial charge in [0.2, 0.25) is 0 Å². The molecule has 1 aliphatic rings. The summed E-state index contributed by atoms with van der Waals surface area (Å²) in [5.41, 5.74) is 3.95. The van der Waals surface area contributed by atoms with Gasteiger partial charge in [-0.15, -0.1) is 0 Å². The number of nitrogens with zero attached hydrogens (tertiary/aromatic N) is 1. The first kappa shape index (κ1) is 16.4. The lowest BCUT2D eigenvalue weighted by molar-refractivity contribution is -0.120. The summed E-state index contributed by atoms with van der Waals surface area (Å²) >= 11 is 0. The molecule has 3 rings (SSSR count). The molecule has 4 nitrogen and oxygen atoms in total. The first-order chi connectivity index (χ1) is 11.4. The predicted octanol–water partition coefficient (Wildman–Crippen LogP) is 3.92. The van der Waals surface area contributed by atoms with E-state index in [-0.39, 0.29) is 18.1 Å². The number of amides is 1. The van der Waals surface area contributed by atoms with Gasteiger partial charge in [-0.25, -0.2) is 0 Å². The molecule has 0 saturated carbocycles. The third-order valence-electron chi connectivity index (χ3n) is 4.43. The van der Waals surface area contributed by atoms with E-state index in [2.05, 4.69) is 19.2 Å². The highest BCUT2D eigenvalue weighted by molar-refractivity contribution is 5.99. The number of carbonyl (C=O) groups excluding carboxylic acids is 1. The number of anilines is 2. The minimum atomic E-state index is -0.177. The molecule has 0 fully saturated rings. The Hall–Kier alpha value is -2.49. The molecule has 0 atom stereocenters. The average Bonchev–Trinajstić information content (AvgIpc) is 2.54. The Morgan fingerprint density at radius 1 is 1.17 bits per heavy atom. The van der Waals surface area contributed by atoms with Crippen LogP contribution in [-0.2, 0) is 4.79 Å². The molecule has 0 unspecified atom stereocenters. The number of nitrogens with one attached hydrogen (secondary N) is 1. The van der Waals surface area contributed by atoms with Crippen LogP contribution in [0.5, 0.6) is 5.75 Å². The molecule has 24 heavy (non-hydrogen) atoms. The molecule has 0 spiro atoms. The lowest BCUT2D eigenvalue weighted by Gasteiger charge is -2.40. The van der Waals surface area contributed by atoms with Crippen LogP contribution < -0.4 is 15.0 Å². The van der Waals surface area contributed by atoms with Gasteiger partial charge in [-0.1, -0.05) is 24.3 Å². The number of ether oxygens (including phenoxy) is 1. The highest BCUT2D eigenvalue weighted by Gasteiger charge is 2.32. The van der Waals surface area contributed by atoms with E-state index in [1.807, 2.05) is 61.2 Å². The van der Waals surface area contributed by atoms with Gasteiger partial charge < -0.3 is 15.0 Å². The van der Waals surface area contributed by atoms with E-state index in [0.29, 0.717) is 6.54 Å². The quantitative estimate of drug-likeness (QED) is 0.930. The molecular weight excluding hydrogens is 300 g/mol. The maximum absolute atomic E-state index is 12.8. The van der Waals surface area contributed by atoms with E-state index in [1.54, 1.807) is 0 Å². The van der Waals surface area contributed by atoms with Crippen molar-refractivity contribution in [2.24, 2.45) is 0 Å². The van der Waals surface area contributed by atoms with Crippen LogP contribution in [0, 0.1) is 13.8 Å². The van der Waals surface area contributed by atoms with Crippen LogP contribution in [0.15, 0.2) is 42.5 Å². The van der Waals surface area contributed by atoms with Crippen LogP contribution >= 0.6 is 0 Å². The largest absolute Gasteiger partial charge is 0.483 e. The number of para-hydroxylation sites is 2. The van der Waals surface area contributed by atoms with Gasteiger partial charge >= 0.3 is 0 Å². The summed E-state index contributed by atoms with van der Waals surface area (Å²) in [6.45, 7) is 8.88. The van der Waals surface area contributed by atoms with Crippen LogP contribution in [-0.4, -0.2) is 24.6 Å². The van der Waals surface area contributed by atoms with E-state index in [4.69, 9.17) is 4.74 Å². The summed E-state index contributed by atoms with van der Waals surface area (Å²) < 4.78 is 5.80. The van der Waals surface area contributed by atoms with Crippen molar-refractivity contribution in [1.82, 2.24) is 0 Å². The Kier molecular flexibility index (Phi) is 4.22. The second-order valence-corrected chi connectivity index (χ2v) is 6.99. The summed E-state index contributed by atoms with van der Waals surface area (Å²) in [6.07, 6.45) is 0. The van der Waals surface area contributed by atoms with Gasteiger partial charge in [0, 0.05) is 12.1 Å². The second kappa shape index (κ2) is 6.19. The summed E-state index contributed by atoms with van der Waals surface area (Å²) in [7, 11) is 0. The number of fused-ring (bicyclic) bond motifs is 1. The Balaban J connectivity index is 1.79. The fraction of sp³-hybridized carbons (Fsp3) is 0.350. The van der Waals surface area contributed by atoms with Gasteiger partial charge in [-0.3, -0.25) is 4.79 Å². The van der Waals surface area contributed by atoms with E-state index in [1.165, 1.54) is 0 Å². The molecule has 0 saturated heterocycles. The molecule has 0 aliphatic carbocycles. The summed E-state index contributed by atoms with van der Waals surface area (Å²) in [5.74, 6) is 0.740. The van der Waals surface area contributed by atoms with Gasteiger partial charge in [0.05, 0.1) is 11.4 Å². The molecule has 1 N–H and O–H groups in total. The zero-order chi connectivity index (χ0) is 17.3. The molecule has 1 amide bonds. The number of rotatable bonds is 3. The van der Waals surface area contributed by atoms with Crippen molar-refractivity contribution in [3.63, 3.8) is 0 Å². The third-order valence-corrected chi connectivity index (χ3v) is 4.43. The average molecular weight is 324 g/mol. The van der Waals surface area contributed by atoms with Gasteiger partial charge in [0.1, 0.15) is 5.75 Å². The molecule has 2 aromatic carbocycles. The van der Waals surface area contributed by atoms with Crippen LogP contribution in [0.1, 0.15) is 25.0 Å². The van der Waals surface area contributed by atoms with Crippen molar-refractivity contribution in [1.29, 1.82) is 0 Å². The summed E-state index contributed by atoms with van der Waals surface area (Å²) in [5, 5.41) is 3.48.